The SMILES string of the molecule is CCCN1CCC(NC(=O)CCCNC(=O)c2ccccc2)CC1. The van der Waals surface area contributed by atoms with Crippen LogP contribution in [0.5, 0.6) is 0 Å². The number of nitrogens with zero attached hydrogens (tertiary/aromatic N) is 1. The Morgan fingerprint density at radius 1 is 1.17 bits per heavy atom. The molecule has 1 aromatic rings. The maximum absolute atomic E-state index is 12.0. The average Bonchev–Trinajstić information content (AvgIpc) is 2.61. The fourth-order valence-corrected chi connectivity index (χ4v) is 3.06. The van der Waals surface area contributed by atoms with Crippen molar-refractivity contribution in [1.82, 2.24) is 15.5 Å². The number of carbonyl (C=O) groups is 2. The minimum absolute atomic E-state index is 0.0840. The lowest BCUT2D eigenvalue weighted by Gasteiger charge is -2.32. The Hall–Kier alpha value is -1.88. The minimum atomic E-state index is -0.0840. The first kappa shape index (κ1) is 18.5. The molecule has 24 heavy (non-hydrogen) atoms. The first-order valence-corrected chi connectivity index (χ1v) is 9.04. The molecule has 0 bridgehead atoms. The van der Waals surface area contributed by atoms with Gasteiger partial charge in [-0.1, -0.05) is 25.1 Å². The molecule has 0 unspecified atom stereocenters. The molecule has 0 atom stereocenters. The Kier molecular flexibility index (Phi) is 7.75. The number of benzene rings is 1. The van der Waals surface area contributed by atoms with Crippen LogP contribution in [-0.2, 0) is 4.79 Å². The number of amides is 2. The highest BCUT2D eigenvalue weighted by atomic mass is 16.2. The van der Waals surface area contributed by atoms with E-state index in [2.05, 4.69) is 22.5 Å². The molecule has 132 valence electrons. The summed E-state index contributed by atoms with van der Waals surface area (Å²) in [5.41, 5.74) is 0.654. The van der Waals surface area contributed by atoms with Gasteiger partial charge in [-0.25, -0.2) is 0 Å². The molecule has 0 spiro atoms. The van der Waals surface area contributed by atoms with Crippen molar-refractivity contribution in [2.24, 2.45) is 0 Å². The first-order valence-electron chi connectivity index (χ1n) is 9.04. The highest BCUT2D eigenvalue weighted by Crippen LogP contribution is 2.10. The van der Waals surface area contributed by atoms with E-state index in [1.807, 2.05) is 18.2 Å². The number of hydrogen-bond acceptors (Lipinski definition) is 3. The number of carbonyl (C=O) groups excluding carboxylic acids is 2. The maximum atomic E-state index is 12.0. The Bertz CT molecular complexity index is 511. The Morgan fingerprint density at radius 3 is 2.54 bits per heavy atom. The van der Waals surface area contributed by atoms with Crippen LogP contribution in [0.4, 0.5) is 0 Å². The normalized spacial score (nSPS) is 15.9. The molecule has 2 rings (SSSR count). The summed E-state index contributed by atoms with van der Waals surface area (Å²) >= 11 is 0. The molecule has 1 fully saturated rings. The van der Waals surface area contributed by atoms with Crippen LogP contribution >= 0.6 is 0 Å². The van der Waals surface area contributed by atoms with E-state index >= 15 is 0 Å². The van der Waals surface area contributed by atoms with E-state index in [1.54, 1.807) is 12.1 Å². The Labute approximate surface area is 144 Å². The van der Waals surface area contributed by atoms with E-state index in [0.29, 0.717) is 31.0 Å². The van der Waals surface area contributed by atoms with E-state index in [4.69, 9.17) is 0 Å². The van der Waals surface area contributed by atoms with Crippen LogP contribution in [0.3, 0.4) is 0 Å². The monoisotopic (exact) mass is 331 g/mol. The summed E-state index contributed by atoms with van der Waals surface area (Å²) in [6.07, 6.45) is 4.39. The molecular weight excluding hydrogens is 302 g/mol. The van der Waals surface area contributed by atoms with E-state index < -0.39 is 0 Å². The zero-order valence-electron chi connectivity index (χ0n) is 14.6. The van der Waals surface area contributed by atoms with Gasteiger partial charge < -0.3 is 15.5 Å². The molecule has 0 radical (unpaired) electrons. The van der Waals surface area contributed by atoms with Crippen molar-refractivity contribution in [2.45, 2.75) is 45.1 Å². The summed E-state index contributed by atoms with van der Waals surface area (Å²) in [6.45, 7) is 6.03. The van der Waals surface area contributed by atoms with Crippen molar-refractivity contribution in [2.75, 3.05) is 26.2 Å². The highest BCUT2D eigenvalue weighted by Gasteiger charge is 2.19. The van der Waals surface area contributed by atoms with Gasteiger partial charge in [-0.15, -0.1) is 0 Å². The van der Waals surface area contributed by atoms with E-state index in [-0.39, 0.29) is 11.8 Å². The standard InChI is InChI=1S/C19H29N3O2/c1-2-13-22-14-10-17(11-15-22)21-18(23)9-6-12-20-19(24)16-7-4-3-5-8-16/h3-5,7-8,17H,2,6,9-15H2,1H3,(H,20,24)(H,21,23). The molecule has 2 amide bonds. The summed E-state index contributed by atoms with van der Waals surface area (Å²) in [6, 6.07) is 9.44. The number of likely N-dealkylation sites (tertiary alicyclic amines) is 1. The lowest BCUT2D eigenvalue weighted by atomic mass is 10.0. The van der Waals surface area contributed by atoms with Gasteiger partial charge in [0, 0.05) is 37.7 Å². The van der Waals surface area contributed by atoms with Crippen molar-refractivity contribution in [3.8, 4) is 0 Å². The minimum Gasteiger partial charge on any atom is -0.353 e. The van der Waals surface area contributed by atoms with Crippen LogP contribution < -0.4 is 10.6 Å². The second-order valence-corrected chi connectivity index (χ2v) is 6.41. The maximum Gasteiger partial charge on any atom is 0.251 e. The van der Waals surface area contributed by atoms with Gasteiger partial charge in [0.2, 0.25) is 5.91 Å². The van der Waals surface area contributed by atoms with Crippen LogP contribution in [0.2, 0.25) is 0 Å². The van der Waals surface area contributed by atoms with Crippen molar-refractivity contribution < 1.29 is 9.59 Å². The van der Waals surface area contributed by atoms with Gasteiger partial charge in [-0.3, -0.25) is 9.59 Å². The van der Waals surface area contributed by atoms with Gasteiger partial charge in [0.1, 0.15) is 0 Å². The summed E-state index contributed by atoms with van der Waals surface area (Å²) < 4.78 is 0. The molecule has 2 N–H and O–H groups in total. The molecule has 0 saturated carbocycles. The molecule has 1 aromatic carbocycles. The summed E-state index contributed by atoms with van der Waals surface area (Å²) in [5, 5.41) is 5.98. The molecule has 1 aliphatic heterocycles. The quantitative estimate of drug-likeness (QED) is 0.718. The summed E-state index contributed by atoms with van der Waals surface area (Å²) in [7, 11) is 0. The zero-order chi connectivity index (χ0) is 17.2. The fraction of sp³-hybridized carbons (Fsp3) is 0.579. The number of nitrogens with one attached hydrogen (secondary N) is 2. The van der Waals surface area contributed by atoms with Gasteiger partial charge in [0.15, 0.2) is 0 Å². The lowest BCUT2D eigenvalue weighted by molar-refractivity contribution is -0.122. The third-order valence-electron chi connectivity index (χ3n) is 4.39. The third-order valence-corrected chi connectivity index (χ3v) is 4.39. The summed E-state index contributed by atoms with van der Waals surface area (Å²) in [4.78, 5) is 26.3. The van der Waals surface area contributed by atoms with Crippen LogP contribution in [-0.4, -0.2) is 48.9 Å². The lowest BCUT2D eigenvalue weighted by Crippen LogP contribution is -2.44. The summed E-state index contributed by atoms with van der Waals surface area (Å²) in [5.74, 6) is 0.0113. The smallest absolute Gasteiger partial charge is 0.251 e. The predicted molar refractivity (Wildman–Crippen MR) is 95.9 cm³/mol. The van der Waals surface area contributed by atoms with Crippen molar-refractivity contribution in [3.63, 3.8) is 0 Å². The van der Waals surface area contributed by atoms with Crippen LogP contribution in [0, 0.1) is 0 Å². The molecule has 5 nitrogen and oxygen atoms in total. The predicted octanol–water partition coefficient (Wildman–Crippen LogP) is 2.19. The fourth-order valence-electron chi connectivity index (χ4n) is 3.06. The largest absolute Gasteiger partial charge is 0.353 e. The zero-order valence-corrected chi connectivity index (χ0v) is 14.6. The number of rotatable bonds is 8. The molecule has 5 heteroatoms. The molecule has 0 aromatic heterocycles. The second-order valence-electron chi connectivity index (χ2n) is 6.41. The van der Waals surface area contributed by atoms with Crippen molar-refractivity contribution in [1.29, 1.82) is 0 Å². The van der Waals surface area contributed by atoms with Crippen LogP contribution in [0.1, 0.15) is 49.4 Å². The highest BCUT2D eigenvalue weighted by molar-refractivity contribution is 5.94. The Morgan fingerprint density at radius 2 is 1.88 bits per heavy atom. The van der Waals surface area contributed by atoms with Gasteiger partial charge >= 0.3 is 0 Å². The van der Waals surface area contributed by atoms with E-state index in [9.17, 15) is 9.59 Å². The van der Waals surface area contributed by atoms with Crippen molar-refractivity contribution >= 4 is 11.8 Å². The van der Waals surface area contributed by atoms with Crippen LogP contribution in [0.15, 0.2) is 30.3 Å². The molecule has 1 aliphatic rings. The average molecular weight is 331 g/mol. The molecule has 1 heterocycles. The number of hydrogen-bond donors (Lipinski definition) is 2. The van der Waals surface area contributed by atoms with Gasteiger partial charge in [0.25, 0.3) is 5.91 Å². The topological polar surface area (TPSA) is 61.4 Å². The van der Waals surface area contributed by atoms with Gasteiger partial charge in [-0.05, 0) is 44.4 Å². The van der Waals surface area contributed by atoms with Gasteiger partial charge in [0.05, 0.1) is 0 Å². The van der Waals surface area contributed by atoms with Crippen LogP contribution in [0.25, 0.3) is 0 Å². The van der Waals surface area contributed by atoms with E-state index in [0.717, 1.165) is 32.5 Å². The van der Waals surface area contributed by atoms with E-state index in [1.165, 1.54) is 6.42 Å². The molecular formula is C19H29N3O2. The molecule has 1 saturated heterocycles. The first-order chi connectivity index (χ1) is 11.7. The second kappa shape index (κ2) is 10.1. The molecule has 0 aliphatic carbocycles. The number of piperidine rings is 1. The van der Waals surface area contributed by atoms with Gasteiger partial charge in [-0.2, -0.15) is 0 Å². The third kappa shape index (κ3) is 6.32. The van der Waals surface area contributed by atoms with Crippen molar-refractivity contribution in [3.05, 3.63) is 35.9 Å². The Balaban J connectivity index is 1.56.